The molecule has 1 heterocycles. The Bertz CT molecular complexity index is 1180. The van der Waals surface area contributed by atoms with E-state index < -0.39 is 11.9 Å². The molecule has 3 aromatic rings. The molecule has 0 amide bonds. The fourth-order valence-corrected chi connectivity index (χ4v) is 4.43. The van der Waals surface area contributed by atoms with Gasteiger partial charge in [0.25, 0.3) is 0 Å². The molecule has 0 radical (unpaired) electrons. The standard InChI is InChI=1S/C14H21NOS.C9H8O4.C8H8O/c1-12(15-7-9-16-10-8-15)11-13-3-5-14(17-2)6-4-13;1-5-6(8(10)11)3-2-4-7(5)9(12)13;1-7(9)8-5-3-2-4-6-8/h3-6,12H,7-11H2,1-2H3;2-4H,1H3,(H,10,11)(H,12,13);2-6H,1H3. The molecule has 0 spiro atoms. The van der Waals surface area contributed by atoms with Gasteiger partial charge in [-0.25, -0.2) is 9.59 Å². The second-order valence-corrected chi connectivity index (χ2v) is 9.94. The van der Waals surface area contributed by atoms with E-state index in [1.165, 1.54) is 35.6 Å². The van der Waals surface area contributed by atoms with Crippen LogP contribution in [-0.4, -0.2) is 71.4 Å². The van der Waals surface area contributed by atoms with E-state index in [0.29, 0.717) is 6.04 Å². The first-order valence-corrected chi connectivity index (χ1v) is 13.9. The normalized spacial score (nSPS) is 13.6. The number of hydrogen-bond donors (Lipinski definition) is 2. The van der Waals surface area contributed by atoms with Crippen LogP contribution >= 0.6 is 11.8 Å². The van der Waals surface area contributed by atoms with Crippen LogP contribution in [0.15, 0.2) is 77.7 Å². The van der Waals surface area contributed by atoms with E-state index in [4.69, 9.17) is 14.9 Å². The molecule has 1 atom stereocenters. The molecule has 0 aliphatic carbocycles. The average Bonchev–Trinajstić information content (AvgIpc) is 2.95. The van der Waals surface area contributed by atoms with Crippen molar-refractivity contribution in [1.29, 1.82) is 0 Å². The summed E-state index contributed by atoms with van der Waals surface area (Å²) in [4.78, 5) is 35.7. The van der Waals surface area contributed by atoms with Gasteiger partial charge in [-0.3, -0.25) is 9.69 Å². The average molecular weight is 552 g/mol. The summed E-state index contributed by atoms with van der Waals surface area (Å²) in [5.41, 5.74) is 2.54. The van der Waals surface area contributed by atoms with Crippen LogP contribution in [0.4, 0.5) is 0 Å². The van der Waals surface area contributed by atoms with Gasteiger partial charge in [0, 0.05) is 29.6 Å². The Labute approximate surface area is 234 Å². The molecule has 208 valence electrons. The van der Waals surface area contributed by atoms with Crippen molar-refractivity contribution in [2.75, 3.05) is 32.6 Å². The highest BCUT2D eigenvalue weighted by atomic mass is 32.2. The van der Waals surface area contributed by atoms with E-state index in [0.717, 1.165) is 38.3 Å². The van der Waals surface area contributed by atoms with Gasteiger partial charge in [-0.1, -0.05) is 48.5 Å². The van der Waals surface area contributed by atoms with Crippen molar-refractivity contribution in [3.05, 3.63) is 101 Å². The zero-order valence-corrected chi connectivity index (χ0v) is 23.7. The first-order valence-electron chi connectivity index (χ1n) is 12.7. The lowest BCUT2D eigenvalue weighted by molar-refractivity contribution is 0.0203. The van der Waals surface area contributed by atoms with Gasteiger partial charge in [0.15, 0.2) is 5.78 Å². The summed E-state index contributed by atoms with van der Waals surface area (Å²) < 4.78 is 5.39. The molecule has 1 unspecified atom stereocenters. The molecule has 0 saturated carbocycles. The highest BCUT2D eigenvalue weighted by Gasteiger charge is 2.17. The van der Waals surface area contributed by atoms with Crippen molar-refractivity contribution in [2.45, 2.75) is 38.1 Å². The number of morpholine rings is 1. The van der Waals surface area contributed by atoms with Gasteiger partial charge in [-0.05, 0) is 68.8 Å². The van der Waals surface area contributed by atoms with Crippen LogP contribution in [0.3, 0.4) is 0 Å². The minimum absolute atomic E-state index is 0.0277. The number of Topliss-reactive ketones (excluding diaryl/α,β-unsaturated/α-hetero) is 1. The topological polar surface area (TPSA) is 104 Å². The molecule has 8 heteroatoms. The number of carbonyl (C=O) groups excluding carboxylic acids is 1. The molecule has 4 rings (SSSR count). The van der Waals surface area contributed by atoms with Gasteiger partial charge in [0.2, 0.25) is 0 Å². The first-order chi connectivity index (χ1) is 18.6. The Morgan fingerprint density at radius 3 is 1.85 bits per heavy atom. The predicted octanol–water partition coefficient (Wildman–Crippen LogP) is 5.95. The third-order valence-corrected chi connectivity index (χ3v) is 7.08. The van der Waals surface area contributed by atoms with Gasteiger partial charge < -0.3 is 14.9 Å². The fraction of sp³-hybridized carbons (Fsp3) is 0.323. The zero-order valence-electron chi connectivity index (χ0n) is 22.9. The van der Waals surface area contributed by atoms with Gasteiger partial charge in [-0.2, -0.15) is 0 Å². The maximum atomic E-state index is 10.6. The number of ketones is 1. The van der Waals surface area contributed by atoms with Crippen molar-refractivity contribution in [1.82, 2.24) is 4.90 Å². The quantitative estimate of drug-likeness (QED) is 0.274. The van der Waals surface area contributed by atoms with Crippen LogP contribution < -0.4 is 0 Å². The number of ether oxygens (including phenoxy) is 1. The van der Waals surface area contributed by atoms with Gasteiger partial charge in [0.05, 0.1) is 24.3 Å². The Morgan fingerprint density at radius 2 is 1.41 bits per heavy atom. The first kappa shape index (κ1) is 31.8. The minimum Gasteiger partial charge on any atom is -0.478 e. The number of benzene rings is 3. The van der Waals surface area contributed by atoms with Crippen molar-refractivity contribution in [3.8, 4) is 0 Å². The molecule has 1 fully saturated rings. The van der Waals surface area contributed by atoms with Gasteiger partial charge in [0.1, 0.15) is 0 Å². The van der Waals surface area contributed by atoms with Crippen LogP contribution in [0.2, 0.25) is 0 Å². The number of nitrogens with zero attached hydrogens (tertiary/aromatic N) is 1. The molecule has 1 aliphatic rings. The number of carbonyl (C=O) groups is 3. The third kappa shape index (κ3) is 10.7. The monoisotopic (exact) mass is 551 g/mol. The van der Waals surface area contributed by atoms with Crippen molar-refractivity contribution >= 4 is 29.5 Å². The molecule has 7 nitrogen and oxygen atoms in total. The Morgan fingerprint density at radius 1 is 0.872 bits per heavy atom. The van der Waals surface area contributed by atoms with Crippen molar-refractivity contribution < 1.29 is 29.3 Å². The van der Waals surface area contributed by atoms with Crippen LogP contribution in [-0.2, 0) is 11.2 Å². The largest absolute Gasteiger partial charge is 0.478 e. The lowest BCUT2D eigenvalue weighted by Gasteiger charge is -2.32. The second-order valence-electron chi connectivity index (χ2n) is 9.06. The summed E-state index contributed by atoms with van der Waals surface area (Å²) in [7, 11) is 0. The summed E-state index contributed by atoms with van der Waals surface area (Å²) >= 11 is 1.80. The zero-order chi connectivity index (χ0) is 28.8. The molecule has 1 saturated heterocycles. The molecule has 0 bridgehead atoms. The molecular weight excluding hydrogens is 514 g/mol. The number of carboxylic acid groups (broad SMARTS) is 2. The van der Waals surface area contributed by atoms with Crippen LogP contribution in [0, 0.1) is 6.92 Å². The van der Waals surface area contributed by atoms with Gasteiger partial charge >= 0.3 is 11.9 Å². The van der Waals surface area contributed by atoms with Crippen LogP contribution in [0.5, 0.6) is 0 Å². The Hall–Kier alpha value is -3.46. The molecule has 2 N–H and O–H groups in total. The third-order valence-electron chi connectivity index (χ3n) is 6.33. The summed E-state index contributed by atoms with van der Waals surface area (Å²) in [6.45, 7) is 9.27. The van der Waals surface area contributed by atoms with E-state index in [9.17, 15) is 14.4 Å². The summed E-state index contributed by atoms with van der Waals surface area (Å²) in [5, 5.41) is 17.4. The van der Waals surface area contributed by atoms with Crippen LogP contribution in [0.1, 0.15) is 56.0 Å². The second kappa shape index (κ2) is 16.5. The summed E-state index contributed by atoms with van der Waals surface area (Å²) in [6.07, 6.45) is 3.25. The van der Waals surface area contributed by atoms with Crippen molar-refractivity contribution in [2.24, 2.45) is 0 Å². The van der Waals surface area contributed by atoms with E-state index in [1.807, 2.05) is 30.3 Å². The smallest absolute Gasteiger partial charge is 0.335 e. The number of carboxylic acids is 2. The SMILES string of the molecule is CC(=O)c1ccccc1.CSc1ccc(CC(C)N2CCOCC2)cc1.Cc1c(C(=O)O)cccc1C(=O)O. The molecular formula is C31H37NO6S. The summed E-state index contributed by atoms with van der Waals surface area (Å²) in [5.74, 6) is -2.10. The summed E-state index contributed by atoms with van der Waals surface area (Å²) in [6, 6.07) is 22.9. The van der Waals surface area contributed by atoms with E-state index in [1.54, 1.807) is 18.7 Å². The molecule has 3 aromatic carbocycles. The number of hydrogen-bond acceptors (Lipinski definition) is 6. The number of thioether (sulfide) groups is 1. The lowest BCUT2D eigenvalue weighted by Crippen LogP contribution is -2.43. The molecule has 1 aliphatic heterocycles. The number of aromatic carboxylic acids is 2. The van der Waals surface area contributed by atoms with Crippen molar-refractivity contribution in [3.63, 3.8) is 0 Å². The number of rotatable bonds is 7. The predicted molar refractivity (Wildman–Crippen MR) is 155 cm³/mol. The Balaban J connectivity index is 0.000000216. The van der Waals surface area contributed by atoms with E-state index >= 15 is 0 Å². The van der Waals surface area contributed by atoms with Crippen LogP contribution in [0.25, 0.3) is 0 Å². The molecule has 0 aromatic heterocycles. The Kier molecular flexibility index (Phi) is 13.4. The maximum Gasteiger partial charge on any atom is 0.335 e. The van der Waals surface area contributed by atoms with E-state index in [2.05, 4.69) is 42.3 Å². The lowest BCUT2D eigenvalue weighted by atomic mass is 10.0. The highest BCUT2D eigenvalue weighted by Crippen LogP contribution is 2.17. The molecule has 39 heavy (non-hydrogen) atoms. The fourth-order valence-electron chi connectivity index (χ4n) is 4.02. The highest BCUT2D eigenvalue weighted by molar-refractivity contribution is 7.98. The minimum atomic E-state index is -1.11. The van der Waals surface area contributed by atoms with E-state index in [-0.39, 0.29) is 22.5 Å². The van der Waals surface area contributed by atoms with Gasteiger partial charge in [-0.15, -0.1) is 11.8 Å². The maximum absolute atomic E-state index is 10.6.